The van der Waals surface area contributed by atoms with Gasteiger partial charge in [-0.2, -0.15) is 0 Å². The summed E-state index contributed by atoms with van der Waals surface area (Å²) in [7, 11) is 1.67. The van der Waals surface area contributed by atoms with Crippen molar-refractivity contribution in [2.24, 2.45) is 0 Å². The molecular weight excluding hydrogens is 344 g/mol. The molecule has 3 aromatic carbocycles. The van der Waals surface area contributed by atoms with E-state index in [-0.39, 0.29) is 4.90 Å². The van der Waals surface area contributed by atoms with Crippen LogP contribution in [0.5, 0.6) is 5.75 Å². The van der Waals surface area contributed by atoms with E-state index in [0.717, 1.165) is 29.4 Å². The van der Waals surface area contributed by atoms with Crippen LogP contribution in [0.1, 0.15) is 12.0 Å². The van der Waals surface area contributed by atoms with Crippen LogP contribution in [-0.2, 0) is 15.5 Å². The minimum Gasteiger partial charge on any atom is -0.494 e. The molecule has 5 heteroatoms. The molecule has 0 atom stereocenters. The minimum atomic E-state index is -3.71. The quantitative estimate of drug-likeness (QED) is 0.469. The van der Waals surface area contributed by atoms with Crippen molar-refractivity contribution >= 4 is 30.5 Å². The summed E-state index contributed by atoms with van der Waals surface area (Å²) in [4.78, 5) is 0.105. The number of ether oxygens (including phenoxy) is 1. The molecule has 24 heavy (non-hydrogen) atoms. The van der Waals surface area contributed by atoms with E-state index in [1.54, 1.807) is 12.1 Å². The number of halogens is 1. The third-order valence-electron chi connectivity index (χ3n) is 3.79. The summed E-state index contributed by atoms with van der Waals surface area (Å²) in [5, 5.41) is 1.73. The molecule has 0 bridgehead atoms. The zero-order valence-corrected chi connectivity index (χ0v) is 14.6. The molecule has 0 radical (unpaired) electrons. The second-order valence-electron chi connectivity index (χ2n) is 5.55. The first kappa shape index (κ1) is 16.8. The van der Waals surface area contributed by atoms with E-state index in [4.69, 9.17) is 15.4 Å². The molecule has 0 aliphatic carbocycles. The number of rotatable bonds is 6. The lowest BCUT2D eigenvalue weighted by Crippen LogP contribution is -1.99. The zero-order chi connectivity index (χ0) is 17.0. The van der Waals surface area contributed by atoms with Gasteiger partial charge in [0, 0.05) is 10.7 Å². The van der Waals surface area contributed by atoms with Gasteiger partial charge in [0.1, 0.15) is 5.75 Å². The Morgan fingerprint density at radius 3 is 2.33 bits per heavy atom. The lowest BCUT2D eigenvalue weighted by molar-refractivity contribution is 0.311. The molecule has 0 amide bonds. The highest BCUT2D eigenvalue weighted by Gasteiger charge is 2.10. The molecule has 0 fully saturated rings. The second-order valence-corrected chi connectivity index (χ2v) is 8.11. The molecule has 0 saturated heterocycles. The Labute approximate surface area is 146 Å². The summed E-state index contributed by atoms with van der Waals surface area (Å²) in [6.45, 7) is 0.633. The molecule has 0 aromatic heterocycles. The smallest absolute Gasteiger partial charge is 0.261 e. The van der Waals surface area contributed by atoms with Gasteiger partial charge in [-0.3, -0.25) is 0 Å². The molecule has 0 aliphatic heterocycles. The molecule has 3 rings (SSSR count). The molecule has 124 valence electrons. The van der Waals surface area contributed by atoms with Crippen molar-refractivity contribution in [2.45, 2.75) is 17.7 Å². The van der Waals surface area contributed by atoms with Gasteiger partial charge in [-0.25, -0.2) is 8.42 Å². The Hall–Kier alpha value is -2.04. The number of fused-ring (bicyclic) bond motifs is 1. The van der Waals surface area contributed by atoms with Crippen molar-refractivity contribution in [2.75, 3.05) is 6.61 Å². The summed E-state index contributed by atoms with van der Waals surface area (Å²) in [6.07, 6.45) is 1.91. The minimum absolute atomic E-state index is 0.105. The molecule has 3 nitrogen and oxygen atoms in total. The molecule has 0 saturated carbocycles. The van der Waals surface area contributed by atoms with Crippen LogP contribution >= 0.6 is 10.7 Å². The zero-order valence-electron chi connectivity index (χ0n) is 13.0. The lowest BCUT2D eigenvalue weighted by atomic mass is 10.1. The topological polar surface area (TPSA) is 43.4 Å². The maximum absolute atomic E-state index is 11.4. The van der Waals surface area contributed by atoms with E-state index in [9.17, 15) is 8.42 Å². The van der Waals surface area contributed by atoms with E-state index >= 15 is 0 Å². The molecule has 0 heterocycles. The van der Waals surface area contributed by atoms with Crippen LogP contribution in [0.4, 0.5) is 0 Å². The van der Waals surface area contributed by atoms with Crippen molar-refractivity contribution < 1.29 is 13.2 Å². The van der Waals surface area contributed by atoms with Gasteiger partial charge in [-0.05, 0) is 53.4 Å². The van der Waals surface area contributed by atoms with Crippen LogP contribution in [0, 0.1) is 0 Å². The largest absolute Gasteiger partial charge is 0.494 e. The van der Waals surface area contributed by atoms with Crippen molar-refractivity contribution in [1.29, 1.82) is 0 Å². The summed E-state index contributed by atoms with van der Waals surface area (Å²) < 4.78 is 28.5. The SMILES string of the molecule is O=S(=O)(Cl)c1ccc2cc(OCCCc3ccccc3)ccc2c1. The van der Waals surface area contributed by atoms with Crippen LogP contribution in [0.25, 0.3) is 10.8 Å². The average molecular weight is 361 g/mol. The second kappa shape index (κ2) is 7.24. The first-order valence-electron chi connectivity index (χ1n) is 7.67. The van der Waals surface area contributed by atoms with Gasteiger partial charge in [0.15, 0.2) is 0 Å². The maximum Gasteiger partial charge on any atom is 0.261 e. The van der Waals surface area contributed by atoms with Gasteiger partial charge >= 0.3 is 0 Å². The van der Waals surface area contributed by atoms with Gasteiger partial charge in [-0.1, -0.05) is 42.5 Å². The summed E-state index contributed by atoms with van der Waals surface area (Å²) in [5.41, 5.74) is 1.30. The first-order chi connectivity index (χ1) is 11.5. The van der Waals surface area contributed by atoms with Gasteiger partial charge in [0.2, 0.25) is 0 Å². The molecule has 0 N–H and O–H groups in total. The molecule has 0 aliphatic rings. The van der Waals surface area contributed by atoms with Gasteiger partial charge in [0.05, 0.1) is 11.5 Å². The van der Waals surface area contributed by atoms with Crippen molar-refractivity contribution in [3.05, 3.63) is 72.3 Å². The van der Waals surface area contributed by atoms with Crippen LogP contribution < -0.4 is 4.74 Å². The third-order valence-corrected chi connectivity index (χ3v) is 5.14. The van der Waals surface area contributed by atoms with Crippen LogP contribution in [0.3, 0.4) is 0 Å². The number of aryl methyl sites for hydroxylation is 1. The summed E-state index contributed by atoms with van der Waals surface area (Å²) in [6, 6.07) is 20.7. The first-order valence-corrected chi connectivity index (χ1v) is 9.98. The number of hydrogen-bond donors (Lipinski definition) is 0. The highest BCUT2D eigenvalue weighted by molar-refractivity contribution is 8.13. The van der Waals surface area contributed by atoms with Gasteiger partial charge in [-0.15, -0.1) is 0 Å². The van der Waals surface area contributed by atoms with Crippen LogP contribution in [0.2, 0.25) is 0 Å². The molecular formula is C19H17ClO3S. The fraction of sp³-hybridized carbons (Fsp3) is 0.158. The molecule has 0 spiro atoms. The normalized spacial score (nSPS) is 11.5. The maximum atomic E-state index is 11.4. The fourth-order valence-electron chi connectivity index (χ4n) is 2.55. The van der Waals surface area contributed by atoms with E-state index in [1.165, 1.54) is 11.6 Å². The van der Waals surface area contributed by atoms with Crippen molar-refractivity contribution in [3.63, 3.8) is 0 Å². The molecule has 3 aromatic rings. The fourth-order valence-corrected chi connectivity index (χ4v) is 3.34. The Morgan fingerprint density at radius 1 is 0.875 bits per heavy atom. The average Bonchev–Trinajstić information content (AvgIpc) is 2.58. The Bertz CT molecular complexity index is 937. The number of benzene rings is 3. The Morgan fingerprint density at radius 2 is 1.58 bits per heavy atom. The van der Waals surface area contributed by atoms with Crippen LogP contribution in [0.15, 0.2) is 71.6 Å². The predicted octanol–water partition coefficient (Wildman–Crippen LogP) is 4.78. The van der Waals surface area contributed by atoms with E-state index in [1.807, 2.05) is 36.4 Å². The van der Waals surface area contributed by atoms with Crippen molar-refractivity contribution in [3.8, 4) is 5.75 Å². The van der Waals surface area contributed by atoms with Gasteiger partial charge in [0.25, 0.3) is 9.05 Å². The van der Waals surface area contributed by atoms with E-state index < -0.39 is 9.05 Å². The summed E-state index contributed by atoms with van der Waals surface area (Å²) in [5.74, 6) is 0.775. The monoisotopic (exact) mass is 360 g/mol. The Balaban J connectivity index is 1.63. The number of hydrogen-bond acceptors (Lipinski definition) is 3. The van der Waals surface area contributed by atoms with E-state index in [2.05, 4.69) is 12.1 Å². The molecule has 0 unspecified atom stereocenters. The predicted molar refractivity (Wildman–Crippen MR) is 97.2 cm³/mol. The highest BCUT2D eigenvalue weighted by Crippen LogP contribution is 2.25. The van der Waals surface area contributed by atoms with E-state index in [0.29, 0.717) is 6.61 Å². The summed E-state index contributed by atoms with van der Waals surface area (Å²) >= 11 is 0. The lowest BCUT2D eigenvalue weighted by Gasteiger charge is -2.08. The van der Waals surface area contributed by atoms with Crippen molar-refractivity contribution in [1.82, 2.24) is 0 Å². The van der Waals surface area contributed by atoms with Crippen LogP contribution in [-0.4, -0.2) is 15.0 Å². The highest BCUT2D eigenvalue weighted by atomic mass is 35.7. The van der Waals surface area contributed by atoms with Gasteiger partial charge < -0.3 is 4.74 Å². The third kappa shape index (κ3) is 4.28. The Kier molecular flexibility index (Phi) is 5.07. The standard InChI is InChI=1S/C19H17ClO3S/c20-24(21,22)19-11-9-16-13-18(10-8-17(16)14-19)23-12-4-7-15-5-2-1-3-6-15/h1-3,5-6,8-11,13-14H,4,7,12H2.